The summed E-state index contributed by atoms with van der Waals surface area (Å²) >= 11 is 3.35. The lowest BCUT2D eigenvalue weighted by molar-refractivity contribution is -0.121. The number of aromatic nitrogens is 1. The maximum atomic E-state index is 12.4. The Morgan fingerprint density at radius 3 is 2.88 bits per heavy atom. The summed E-state index contributed by atoms with van der Waals surface area (Å²) in [6.45, 7) is 1.62. The second-order valence-corrected chi connectivity index (χ2v) is 6.39. The van der Waals surface area contributed by atoms with Gasteiger partial charge in [0.2, 0.25) is 0 Å². The van der Waals surface area contributed by atoms with Crippen molar-refractivity contribution < 1.29 is 9.53 Å². The Bertz CT molecular complexity index is 944. The van der Waals surface area contributed by atoms with E-state index in [4.69, 9.17) is 4.74 Å². The number of pyridine rings is 1. The van der Waals surface area contributed by atoms with Crippen molar-refractivity contribution in [1.29, 1.82) is 5.26 Å². The third-order valence-corrected chi connectivity index (χ3v) is 4.05. The number of carbonyl (C=O) groups excluding carboxylic acids is 1. The molecule has 7 nitrogen and oxygen atoms in total. The number of ether oxygens (including phenoxy) is 1. The first-order valence-electron chi connectivity index (χ1n) is 7.66. The SMILES string of the molecule is COCc1cc(C)n(CC(=O)N/N=C/c2cccc(Br)c2)c(=O)c1C#N. The molecule has 26 heavy (non-hydrogen) atoms. The van der Waals surface area contributed by atoms with E-state index in [2.05, 4.69) is 26.5 Å². The molecule has 1 heterocycles. The molecule has 0 bridgehead atoms. The summed E-state index contributed by atoms with van der Waals surface area (Å²) in [5.41, 5.74) is 3.70. The van der Waals surface area contributed by atoms with E-state index in [0.717, 1.165) is 10.0 Å². The number of amides is 1. The largest absolute Gasteiger partial charge is 0.380 e. The second-order valence-electron chi connectivity index (χ2n) is 5.47. The molecular weight excluding hydrogens is 400 g/mol. The maximum absolute atomic E-state index is 12.4. The monoisotopic (exact) mass is 416 g/mol. The summed E-state index contributed by atoms with van der Waals surface area (Å²) in [7, 11) is 1.48. The number of nitrogens with zero attached hydrogens (tertiary/aromatic N) is 3. The van der Waals surface area contributed by atoms with Crippen LogP contribution in [0.4, 0.5) is 0 Å². The lowest BCUT2D eigenvalue weighted by atomic mass is 10.1. The fourth-order valence-corrected chi connectivity index (χ4v) is 2.78. The van der Waals surface area contributed by atoms with Gasteiger partial charge < -0.3 is 9.30 Å². The van der Waals surface area contributed by atoms with Gasteiger partial charge in [0.25, 0.3) is 11.5 Å². The highest BCUT2D eigenvalue weighted by Crippen LogP contribution is 2.10. The molecule has 134 valence electrons. The highest BCUT2D eigenvalue weighted by atomic mass is 79.9. The first kappa shape index (κ1) is 19.6. The van der Waals surface area contributed by atoms with Gasteiger partial charge in [0.05, 0.1) is 12.8 Å². The molecule has 1 N–H and O–H groups in total. The number of benzene rings is 1. The Morgan fingerprint density at radius 1 is 1.46 bits per heavy atom. The number of halogens is 1. The van der Waals surface area contributed by atoms with E-state index in [0.29, 0.717) is 11.3 Å². The zero-order valence-electron chi connectivity index (χ0n) is 14.3. The number of hydrazone groups is 1. The van der Waals surface area contributed by atoms with Gasteiger partial charge >= 0.3 is 0 Å². The fourth-order valence-electron chi connectivity index (χ4n) is 2.36. The van der Waals surface area contributed by atoms with Gasteiger partial charge in [-0.15, -0.1) is 0 Å². The van der Waals surface area contributed by atoms with Crippen LogP contribution in [0.2, 0.25) is 0 Å². The highest BCUT2D eigenvalue weighted by molar-refractivity contribution is 9.10. The van der Waals surface area contributed by atoms with Crippen molar-refractivity contribution in [3.63, 3.8) is 0 Å². The standard InChI is InChI=1S/C18H17BrN4O3/c1-12-6-14(11-26-2)16(8-20)18(25)23(12)10-17(24)22-21-9-13-4-3-5-15(19)7-13/h3-7,9H,10-11H2,1-2H3,(H,22,24)/b21-9+. The van der Waals surface area contributed by atoms with E-state index in [1.165, 1.54) is 17.9 Å². The van der Waals surface area contributed by atoms with Crippen molar-refractivity contribution >= 4 is 28.1 Å². The molecule has 0 aliphatic rings. The fraction of sp³-hybridized carbons (Fsp3) is 0.222. The Morgan fingerprint density at radius 2 is 2.23 bits per heavy atom. The van der Waals surface area contributed by atoms with Crippen LogP contribution in [0.25, 0.3) is 0 Å². The minimum absolute atomic E-state index is 0.0251. The van der Waals surface area contributed by atoms with Crippen molar-refractivity contribution in [3.8, 4) is 6.07 Å². The number of nitriles is 1. The predicted molar refractivity (Wildman–Crippen MR) is 101 cm³/mol. The average Bonchev–Trinajstić information content (AvgIpc) is 2.59. The zero-order chi connectivity index (χ0) is 19.1. The molecule has 0 saturated carbocycles. The van der Waals surface area contributed by atoms with Gasteiger partial charge in [-0.1, -0.05) is 28.1 Å². The Labute approximate surface area is 159 Å². The van der Waals surface area contributed by atoms with Crippen LogP contribution in [0, 0.1) is 18.3 Å². The number of hydrogen-bond acceptors (Lipinski definition) is 5. The van der Waals surface area contributed by atoms with Crippen LogP contribution < -0.4 is 11.0 Å². The predicted octanol–water partition coefficient (Wildman–Crippen LogP) is 2.09. The molecule has 0 radical (unpaired) electrons. The summed E-state index contributed by atoms with van der Waals surface area (Å²) in [5, 5.41) is 13.1. The van der Waals surface area contributed by atoms with Crippen molar-refractivity contribution in [1.82, 2.24) is 9.99 Å². The van der Waals surface area contributed by atoms with Gasteiger partial charge in [-0.05, 0) is 30.7 Å². The summed E-state index contributed by atoms with van der Waals surface area (Å²) in [6.07, 6.45) is 1.50. The molecule has 1 aromatic heterocycles. The van der Waals surface area contributed by atoms with Crippen molar-refractivity contribution in [3.05, 3.63) is 67.5 Å². The molecule has 0 unspecified atom stereocenters. The number of nitrogens with one attached hydrogen (secondary N) is 1. The number of carbonyl (C=O) groups is 1. The van der Waals surface area contributed by atoms with Crippen molar-refractivity contribution in [2.24, 2.45) is 5.10 Å². The molecule has 0 atom stereocenters. The third-order valence-electron chi connectivity index (χ3n) is 3.55. The Balaban J connectivity index is 2.14. The molecule has 1 aromatic carbocycles. The number of hydrogen-bond donors (Lipinski definition) is 1. The molecule has 8 heteroatoms. The minimum atomic E-state index is -0.523. The number of aryl methyl sites for hydroxylation is 1. The molecule has 0 aliphatic carbocycles. The number of methoxy groups -OCH3 is 1. The van der Waals surface area contributed by atoms with Crippen LogP contribution in [-0.4, -0.2) is 23.8 Å². The van der Waals surface area contributed by atoms with Crippen LogP contribution in [0.1, 0.15) is 22.4 Å². The van der Waals surface area contributed by atoms with Gasteiger partial charge in [-0.3, -0.25) is 9.59 Å². The third kappa shape index (κ3) is 4.88. The molecule has 1 amide bonds. The van der Waals surface area contributed by atoms with Gasteiger partial charge in [0.15, 0.2) is 0 Å². The summed E-state index contributed by atoms with van der Waals surface area (Å²) < 4.78 is 7.14. The van der Waals surface area contributed by atoms with Gasteiger partial charge in [0.1, 0.15) is 18.2 Å². The summed E-state index contributed by atoms with van der Waals surface area (Å²) in [4.78, 5) is 24.5. The summed E-state index contributed by atoms with van der Waals surface area (Å²) in [6, 6.07) is 11.0. The van der Waals surface area contributed by atoms with Gasteiger partial charge in [-0.25, -0.2) is 5.43 Å². The normalized spacial score (nSPS) is 10.7. The lowest BCUT2D eigenvalue weighted by Crippen LogP contribution is -2.33. The molecule has 0 saturated heterocycles. The summed E-state index contributed by atoms with van der Waals surface area (Å²) in [5.74, 6) is -0.468. The topological polar surface area (TPSA) is 96.5 Å². The lowest BCUT2D eigenvalue weighted by Gasteiger charge is -2.12. The Kier molecular flexibility index (Phi) is 6.83. The van der Waals surface area contributed by atoms with Crippen LogP contribution in [-0.2, 0) is 22.7 Å². The molecule has 0 fully saturated rings. The second kappa shape index (κ2) is 9.08. The Hall–Kier alpha value is -2.76. The average molecular weight is 417 g/mol. The van der Waals surface area contributed by atoms with E-state index in [1.54, 1.807) is 13.0 Å². The first-order chi connectivity index (χ1) is 12.5. The van der Waals surface area contributed by atoms with Crippen LogP contribution in [0.5, 0.6) is 0 Å². The van der Waals surface area contributed by atoms with Crippen LogP contribution in [0.3, 0.4) is 0 Å². The van der Waals surface area contributed by atoms with Crippen LogP contribution >= 0.6 is 15.9 Å². The molecule has 0 aliphatic heterocycles. The molecular formula is C18H17BrN4O3. The van der Waals surface area contributed by atoms with Crippen molar-refractivity contribution in [2.75, 3.05) is 7.11 Å². The van der Waals surface area contributed by atoms with Crippen molar-refractivity contribution in [2.45, 2.75) is 20.1 Å². The highest BCUT2D eigenvalue weighted by Gasteiger charge is 2.14. The molecule has 2 aromatic rings. The molecule has 0 spiro atoms. The first-order valence-corrected chi connectivity index (χ1v) is 8.45. The van der Waals surface area contributed by atoms with E-state index in [1.807, 2.05) is 30.3 Å². The quantitative estimate of drug-likeness (QED) is 0.575. The van der Waals surface area contributed by atoms with Crippen LogP contribution in [0.15, 0.2) is 44.7 Å². The van der Waals surface area contributed by atoms with E-state index in [-0.39, 0.29) is 18.7 Å². The van der Waals surface area contributed by atoms with Gasteiger partial charge in [0, 0.05) is 22.8 Å². The van der Waals surface area contributed by atoms with E-state index in [9.17, 15) is 14.9 Å². The maximum Gasteiger partial charge on any atom is 0.269 e. The smallest absolute Gasteiger partial charge is 0.269 e. The van der Waals surface area contributed by atoms with E-state index < -0.39 is 11.5 Å². The molecule has 2 rings (SSSR count). The number of rotatable bonds is 6. The van der Waals surface area contributed by atoms with E-state index >= 15 is 0 Å². The zero-order valence-corrected chi connectivity index (χ0v) is 15.9. The minimum Gasteiger partial charge on any atom is -0.380 e. The van der Waals surface area contributed by atoms with Gasteiger partial charge in [-0.2, -0.15) is 10.4 Å².